The van der Waals surface area contributed by atoms with Crippen LogP contribution in [0.3, 0.4) is 0 Å². The number of carbonyl (C=O) groups excluding carboxylic acids is 3. The van der Waals surface area contributed by atoms with Crippen molar-refractivity contribution in [2.45, 2.75) is 57.5 Å². The molecule has 0 radical (unpaired) electrons. The predicted octanol–water partition coefficient (Wildman–Crippen LogP) is 2.62. The van der Waals surface area contributed by atoms with Gasteiger partial charge in [0.1, 0.15) is 12.1 Å². The van der Waals surface area contributed by atoms with Crippen LogP contribution in [0.15, 0.2) is 18.2 Å². The fraction of sp³-hybridized carbons (Fsp3) is 0.591. The van der Waals surface area contributed by atoms with Crippen LogP contribution in [0.4, 0.5) is 4.79 Å². The van der Waals surface area contributed by atoms with Crippen molar-refractivity contribution in [2.75, 3.05) is 26.3 Å². The van der Waals surface area contributed by atoms with Gasteiger partial charge in [0, 0.05) is 13.0 Å². The van der Waals surface area contributed by atoms with E-state index in [9.17, 15) is 14.4 Å². The molecule has 1 aromatic carbocycles. The van der Waals surface area contributed by atoms with Crippen molar-refractivity contribution in [1.82, 2.24) is 15.1 Å². The van der Waals surface area contributed by atoms with Crippen LogP contribution in [0.5, 0.6) is 11.5 Å². The summed E-state index contributed by atoms with van der Waals surface area (Å²) in [4.78, 5) is 41.2. The van der Waals surface area contributed by atoms with Crippen molar-refractivity contribution in [3.8, 4) is 11.5 Å². The SMILES string of the molecule is CCC1(CC)NC(=O)N(CC(=O)N2CCC[C@@H]2c2ccc3c(c2)OCCCO3)C1=O. The first-order chi connectivity index (χ1) is 14.5. The van der Waals surface area contributed by atoms with Crippen LogP contribution >= 0.6 is 0 Å². The van der Waals surface area contributed by atoms with Crippen LogP contribution in [0, 0.1) is 0 Å². The first kappa shape index (κ1) is 20.5. The smallest absolute Gasteiger partial charge is 0.325 e. The number of ether oxygens (including phenoxy) is 2. The number of hydrogen-bond donors (Lipinski definition) is 1. The summed E-state index contributed by atoms with van der Waals surface area (Å²) in [5.41, 5.74) is 0.0922. The molecule has 3 aliphatic heterocycles. The number of carbonyl (C=O) groups is 3. The molecule has 0 bridgehead atoms. The second-order valence-electron chi connectivity index (χ2n) is 8.11. The molecule has 8 heteroatoms. The molecular weight excluding hydrogens is 386 g/mol. The Balaban J connectivity index is 1.50. The third kappa shape index (κ3) is 3.48. The summed E-state index contributed by atoms with van der Waals surface area (Å²) in [6.07, 6.45) is 3.55. The minimum Gasteiger partial charge on any atom is -0.490 e. The van der Waals surface area contributed by atoms with E-state index < -0.39 is 11.6 Å². The molecule has 30 heavy (non-hydrogen) atoms. The zero-order valence-corrected chi connectivity index (χ0v) is 17.6. The highest BCUT2D eigenvalue weighted by atomic mass is 16.5. The summed E-state index contributed by atoms with van der Waals surface area (Å²) >= 11 is 0. The van der Waals surface area contributed by atoms with Gasteiger partial charge in [-0.05, 0) is 43.4 Å². The van der Waals surface area contributed by atoms with Gasteiger partial charge in [0.25, 0.3) is 5.91 Å². The standard InChI is InChI=1S/C22H29N3O5/c1-3-22(4-2)20(27)25(21(28)23-22)14-19(26)24-10-5-7-16(24)15-8-9-17-18(13-15)30-12-6-11-29-17/h8-9,13,16H,3-7,10-12,14H2,1-2H3,(H,23,28)/t16-/m1/s1. The van der Waals surface area contributed by atoms with E-state index in [0.717, 1.165) is 35.5 Å². The molecule has 1 aromatic rings. The molecule has 2 fully saturated rings. The van der Waals surface area contributed by atoms with Crippen LogP contribution in [-0.4, -0.2) is 59.5 Å². The first-order valence-corrected chi connectivity index (χ1v) is 10.8. The molecule has 0 unspecified atom stereocenters. The largest absolute Gasteiger partial charge is 0.490 e. The summed E-state index contributed by atoms with van der Waals surface area (Å²) < 4.78 is 11.5. The van der Waals surface area contributed by atoms with Crippen molar-refractivity contribution in [3.05, 3.63) is 23.8 Å². The number of benzene rings is 1. The highest BCUT2D eigenvalue weighted by molar-refractivity contribution is 6.09. The molecule has 4 rings (SSSR count). The lowest BCUT2D eigenvalue weighted by Crippen LogP contribution is -2.47. The summed E-state index contributed by atoms with van der Waals surface area (Å²) in [6, 6.07) is 5.23. The number of hydrogen-bond acceptors (Lipinski definition) is 5. The van der Waals surface area contributed by atoms with E-state index in [4.69, 9.17) is 9.47 Å². The minimum absolute atomic E-state index is 0.0995. The number of urea groups is 1. The summed E-state index contributed by atoms with van der Waals surface area (Å²) in [7, 11) is 0. The van der Waals surface area contributed by atoms with E-state index in [-0.39, 0.29) is 24.4 Å². The Morgan fingerprint density at radius 2 is 1.87 bits per heavy atom. The second-order valence-corrected chi connectivity index (χ2v) is 8.11. The van der Waals surface area contributed by atoms with Crippen molar-refractivity contribution in [1.29, 1.82) is 0 Å². The number of rotatable bonds is 5. The third-order valence-electron chi connectivity index (χ3n) is 6.48. The lowest BCUT2D eigenvalue weighted by atomic mass is 9.93. The molecule has 3 aliphatic rings. The number of nitrogens with zero attached hydrogens (tertiary/aromatic N) is 2. The number of likely N-dealkylation sites (tertiary alicyclic amines) is 1. The van der Waals surface area contributed by atoms with E-state index >= 15 is 0 Å². The molecule has 162 valence electrons. The van der Waals surface area contributed by atoms with Gasteiger partial charge in [0.15, 0.2) is 11.5 Å². The number of fused-ring (bicyclic) bond motifs is 1. The molecule has 1 N–H and O–H groups in total. The molecule has 0 saturated carbocycles. The number of amides is 4. The zero-order chi connectivity index (χ0) is 21.3. The third-order valence-corrected chi connectivity index (χ3v) is 6.48. The van der Waals surface area contributed by atoms with Crippen LogP contribution < -0.4 is 14.8 Å². The molecule has 3 heterocycles. The molecule has 0 spiro atoms. The van der Waals surface area contributed by atoms with Gasteiger partial charge in [0.05, 0.1) is 19.3 Å². The molecule has 0 aliphatic carbocycles. The van der Waals surface area contributed by atoms with Gasteiger partial charge in [-0.1, -0.05) is 19.9 Å². The van der Waals surface area contributed by atoms with Crippen molar-refractivity contribution >= 4 is 17.8 Å². The summed E-state index contributed by atoms with van der Waals surface area (Å²) in [5.74, 6) is 0.907. The van der Waals surface area contributed by atoms with E-state index in [1.165, 1.54) is 0 Å². The van der Waals surface area contributed by atoms with Gasteiger partial charge >= 0.3 is 6.03 Å². The topological polar surface area (TPSA) is 88.2 Å². The predicted molar refractivity (Wildman–Crippen MR) is 109 cm³/mol. The average Bonchev–Trinajstić information content (AvgIpc) is 3.24. The van der Waals surface area contributed by atoms with E-state index in [1.54, 1.807) is 4.90 Å². The number of nitrogens with one attached hydrogen (secondary N) is 1. The van der Waals surface area contributed by atoms with Crippen LogP contribution in [0.2, 0.25) is 0 Å². The monoisotopic (exact) mass is 415 g/mol. The quantitative estimate of drug-likeness (QED) is 0.747. The Morgan fingerprint density at radius 1 is 1.13 bits per heavy atom. The van der Waals surface area contributed by atoms with Crippen molar-refractivity contribution in [3.63, 3.8) is 0 Å². The van der Waals surface area contributed by atoms with Gasteiger partial charge in [-0.3, -0.25) is 14.5 Å². The maximum absolute atomic E-state index is 13.1. The Labute approximate surface area is 176 Å². The molecule has 8 nitrogen and oxygen atoms in total. The van der Waals surface area contributed by atoms with Crippen LogP contribution in [-0.2, 0) is 9.59 Å². The highest BCUT2D eigenvalue weighted by Crippen LogP contribution is 2.38. The van der Waals surface area contributed by atoms with E-state index in [2.05, 4.69) is 5.32 Å². The second kappa shape index (κ2) is 8.16. The van der Waals surface area contributed by atoms with Crippen molar-refractivity contribution in [2.24, 2.45) is 0 Å². The molecule has 4 amide bonds. The molecular formula is C22H29N3O5. The van der Waals surface area contributed by atoms with Crippen molar-refractivity contribution < 1.29 is 23.9 Å². The van der Waals surface area contributed by atoms with Gasteiger partial charge in [-0.25, -0.2) is 4.79 Å². The van der Waals surface area contributed by atoms with Crippen LogP contribution in [0.25, 0.3) is 0 Å². The Kier molecular flexibility index (Phi) is 5.58. The van der Waals surface area contributed by atoms with Gasteiger partial charge in [0.2, 0.25) is 5.91 Å². The first-order valence-electron chi connectivity index (χ1n) is 10.8. The van der Waals surface area contributed by atoms with E-state index in [1.807, 2.05) is 32.0 Å². The Hall–Kier alpha value is -2.77. The molecule has 0 aromatic heterocycles. The number of imide groups is 1. The Bertz CT molecular complexity index is 851. The zero-order valence-electron chi connectivity index (χ0n) is 17.6. The maximum Gasteiger partial charge on any atom is 0.325 e. The lowest BCUT2D eigenvalue weighted by molar-refractivity contribution is -0.139. The van der Waals surface area contributed by atoms with Crippen LogP contribution in [0.1, 0.15) is 57.6 Å². The highest BCUT2D eigenvalue weighted by Gasteiger charge is 2.49. The van der Waals surface area contributed by atoms with Gasteiger partial charge in [-0.2, -0.15) is 0 Å². The van der Waals surface area contributed by atoms with Gasteiger partial charge in [-0.15, -0.1) is 0 Å². The summed E-state index contributed by atoms with van der Waals surface area (Å²) in [5, 5.41) is 2.78. The normalized spacial score (nSPS) is 22.8. The fourth-order valence-corrected chi connectivity index (χ4v) is 4.57. The van der Waals surface area contributed by atoms with Gasteiger partial charge < -0.3 is 19.7 Å². The Morgan fingerprint density at radius 3 is 2.57 bits per heavy atom. The fourth-order valence-electron chi connectivity index (χ4n) is 4.57. The summed E-state index contributed by atoms with van der Waals surface area (Å²) in [6.45, 7) is 5.35. The maximum atomic E-state index is 13.1. The minimum atomic E-state index is -0.893. The molecule has 2 saturated heterocycles. The lowest BCUT2D eigenvalue weighted by Gasteiger charge is -2.27. The average molecular weight is 415 g/mol. The molecule has 1 atom stereocenters. The van der Waals surface area contributed by atoms with E-state index in [0.29, 0.717) is 38.3 Å².